The van der Waals surface area contributed by atoms with Gasteiger partial charge >= 0.3 is 18.5 Å². The number of nitrogens with zero attached hydrogens (tertiary/aromatic N) is 11. The van der Waals surface area contributed by atoms with Crippen LogP contribution in [0, 0.1) is 29.3 Å². The fraction of sp³-hybridized carbons (Fsp3) is 0.346. The molecule has 0 unspecified atom stereocenters. The molecule has 10 aromatic rings. The van der Waals surface area contributed by atoms with Gasteiger partial charge < -0.3 is 74.1 Å². The molecule has 19 rings (SSSR count). The first-order chi connectivity index (χ1) is 58.1. The number of amides is 5. The number of aromatic nitrogens is 6. The van der Waals surface area contributed by atoms with Crippen LogP contribution in [0.2, 0.25) is 5.02 Å². The summed E-state index contributed by atoms with van der Waals surface area (Å²) in [5, 5.41) is 16.7. The molecule has 9 aliphatic rings. The number of anilines is 3. The van der Waals surface area contributed by atoms with Gasteiger partial charge in [-0.05, 0) is 157 Å². The van der Waals surface area contributed by atoms with Gasteiger partial charge in [0.05, 0.1) is 123 Å². The Balaban J connectivity index is 0.000000143. The molecule has 42 heteroatoms. The van der Waals surface area contributed by atoms with Crippen LogP contribution in [0.15, 0.2) is 168 Å². The molecule has 32 nitrogen and oxygen atoms in total. The highest BCUT2D eigenvalue weighted by molar-refractivity contribution is 7.92. The van der Waals surface area contributed by atoms with E-state index >= 15 is 8.78 Å². The van der Waals surface area contributed by atoms with Crippen molar-refractivity contribution in [2.24, 2.45) is 29.0 Å². The Hall–Kier alpha value is -11.9. The third kappa shape index (κ3) is 17.6. The molecule has 6 N–H and O–H groups in total. The number of rotatable bonds is 14. The van der Waals surface area contributed by atoms with Gasteiger partial charge in [-0.15, -0.1) is 23.4 Å². The molecule has 0 spiro atoms. The third-order valence-electron chi connectivity index (χ3n) is 22.0. The van der Waals surface area contributed by atoms with E-state index in [4.69, 9.17) is 56.5 Å². The van der Waals surface area contributed by atoms with Crippen LogP contribution in [0.3, 0.4) is 0 Å². The lowest BCUT2D eigenvalue weighted by Crippen LogP contribution is -2.60. The van der Waals surface area contributed by atoms with E-state index in [1.165, 1.54) is 77.5 Å². The summed E-state index contributed by atoms with van der Waals surface area (Å²) in [5.41, 5.74) is 18.0. The Morgan fingerprint density at radius 3 is 1.32 bits per heavy atom. The smallest absolute Gasteiger partial charge is 0.457 e. The van der Waals surface area contributed by atoms with Gasteiger partial charge in [-0.25, -0.2) is 48.0 Å². The molecule has 4 saturated heterocycles. The van der Waals surface area contributed by atoms with E-state index in [2.05, 4.69) is 35.2 Å². The number of fused-ring (bicyclic) bond motifs is 7. The van der Waals surface area contributed by atoms with Gasteiger partial charge in [-0.2, -0.15) is 9.97 Å². The quantitative estimate of drug-likeness (QED) is 0.0851. The van der Waals surface area contributed by atoms with E-state index in [1.54, 1.807) is 65.6 Å². The van der Waals surface area contributed by atoms with Gasteiger partial charge in [0, 0.05) is 42.2 Å². The second kappa shape index (κ2) is 32.7. The molecule has 646 valence electrons. The zero-order valence-electron chi connectivity index (χ0n) is 65.9. The largest absolute Gasteiger partial charge is 0.573 e. The maximum absolute atomic E-state index is 15.5. The molecule has 6 fully saturated rings. The van der Waals surface area contributed by atoms with Crippen molar-refractivity contribution in [3.63, 3.8) is 0 Å². The molecule has 7 aliphatic heterocycles. The summed E-state index contributed by atoms with van der Waals surface area (Å²) >= 11 is 5.99. The lowest BCUT2D eigenvalue weighted by atomic mass is 9.58. The lowest BCUT2D eigenvalue weighted by Gasteiger charge is -2.53. The van der Waals surface area contributed by atoms with Gasteiger partial charge in [0.25, 0.3) is 0 Å². The first-order valence-electron chi connectivity index (χ1n) is 38.1. The van der Waals surface area contributed by atoms with Crippen molar-refractivity contribution >= 4 is 88.1 Å². The van der Waals surface area contributed by atoms with Crippen molar-refractivity contribution in [2.75, 3.05) is 72.4 Å². The normalized spacial score (nSPS) is 22.3. The van der Waals surface area contributed by atoms with Crippen LogP contribution >= 0.6 is 11.6 Å². The first-order valence-corrected chi connectivity index (χ1v) is 43.4. The number of carbonyl (C=O) groups is 5. The van der Waals surface area contributed by atoms with E-state index < -0.39 is 134 Å². The Labute approximate surface area is 703 Å². The topological polar surface area (TPSA) is 436 Å². The standard InChI is InChI=1S/C28H27FN4O5S.C27H25F4N5O7S.C26H25ClFN5O6S/c1-28(2,3)27-32-31-25(38-27)18-6-13-24-23(14-18)33(26(34)22(30)16-39(24,35)36)15-17-4-9-20(10-5-17)37-21-11-7-19(29)8-12-21;1-41-25(38)35-10-15-8-26(9-15,13-35)24-33-22(34-43-24)17-6-20-21(7-18(17)28)44(39,40)12-19(32)23(37)36(20)11-14-2-4-16(5-3-14)42-27(29,30)31;1-38-25(35)32-10-15-8-26(9-15,13-32)24-30-22(31-39-24)17-6-20-21(7-18(17)28)40(36,37)12-19(29)23(34)33(20)11-14-2-4-16(27)5-3-14/h4-14,22H,15-16,30H2,1-3H3;2-7,15,19H,8-13,32H2,1H3;2-7,15,19H,8-13,29H2,1H3/t22-;2*15?,19-,26?/m000/s1. The molecule has 2 saturated carbocycles. The van der Waals surface area contributed by atoms with Crippen LogP contribution in [-0.2, 0) is 89.2 Å². The van der Waals surface area contributed by atoms with Crippen LogP contribution in [0.1, 0.15) is 80.8 Å². The Kier molecular flexibility index (Phi) is 22.9. The number of piperidine rings is 4. The fourth-order valence-electron chi connectivity index (χ4n) is 16.2. The van der Waals surface area contributed by atoms with Gasteiger partial charge in [0.1, 0.15) is 34.7 Å². The number of methoxy groups -OCH3 is 2. The lowest BCUT2D eigenvalue weighted by molar-refractivity contribution is -0.274. The number of carbonyl (C=O) groups excluding carboxylic acids is 5. The monoisotopic (exact) mass is 1780 g/mol. The summed E-state index contributed by atoms with van der Waals surface area (Å²) in [7, 11) is -9.62. The minimum absolute atomic E-state index is 0.000580. The average molecular weight is 1780 g/mol. The van der Waals surface area contributed by atoms with E-state index in [0.717, 1.165) is 48.1 Å². The van der Waals surface area contributed by atoms with Gasteiger partial charge in [0.15, 0.2) is 29.5 Å². The van der Waals surface area contributed by atoms with Crippen molar-refractivity contribution in [1.82, 2.24) is 40.3 Å². The molecule has 123 heavy (non-hydrogen) atoms. The van der Waals surface area contributed by atoms with Gasteiger partial charge in [0.2, 0.25) is 52.9 Å². The van der Waals surface area contributed by atoms with E-state index in [0.29, 0.717) is 77.1 Å². The number of benzene rings is 7. The van der Waals surface area contributed by atoms with Crippen molar-refractivity contribution in [2.45, 2.75) is 122 Å². The molecule has 5 amide bonds. The van der Waals surface area contributed by atoms with E-state index in [-0.39, 0.29) is 117 Å². The summed E-state index contributed by atoms with van der Waals surface area (Å²) in [5.74, 6) is -4.48. The number of sulfone groups is 3. The SMILES string of the molecule is CC(C)(C)c1nnc(-c2ccc3c(c2)N(Cc2ccc(Oc4ccc(F)cc4)cc2)C(=O)[C@@H](N)CS3(=O)=O)o1.COC(=O)N1CC2CC(c3nc(-c4cc5c(cc4F)S(=O)(=O)C[C@H](N)C(=O)N5Cc4ccc(Cl)cc4)no3)(C2)C1.COC(=O)N1CC2CC(c3nc(-c4cc5c(cc4F)S(=O)(=O)C[C@H](N)C(=O)N5Cc4ccc(OC(F)(F)F)cc4)no3)(C2)C1. The summed E-state index contributed by atoms with van der Waals surface area (Å²) in [4.78, 5) is 79.0. The van der Waals surface area contributed by atoms with Crippen molar-refractivity contribution < 1.29 is 108 Å². The second-order valence-electron chi connectivity index (χ2n) is 32.1. The summed E-state index contributed by atoms with van der Waals surface area (Å²) < 4.78 is 197. The number of halogens is 7. The number of ether oxygens (including phenoxy) is 4. The summed E-state index contributed by atoms with van der Waals surface area (Å²) in [6, 6.07) is 28.3. The van der Waals surface area contributed by atoms with Crippen LogP contribution in [0.25, 0.3) is 34.2 Å². The minimum Gasteiger partial charge on any atom is -0.457 e. The zero-order chi connectivity index (χ0) is 87.9. The van der Waals surface area contributed by atoms with Crippen LogP contribution < -0.4 is 41.4 Å². The number of alkyl halides is 3. The summed E-state index contributed by atoms with van der Waals surface area (Å²) in [6.45, 7) is 7.21. The molecule has 4 bridgehead atoms. The van der Waals surface area contributed by atoms with Crippen molar-refractivity contribution in [3.05, 3.63) is 196 Å². The second-order valence-corrected chi connectivity index (χ2v) is 38.5. The molecule has 0 radical (unpaired) electrons. The zero-order valence-corrected chi connectivity index (χ0v) is 69.1. The molecule has 10 heterocycles. The van der Waals surface area contributed by atoms with Crippen molar-refractivity contribution in [1.29, 1.82) is 0 Å². The first kappa shape index (κ1) is 86.1. The summed E-state index contributed by atoms with van der Waals surface area (Å²) in [6.07, 6.45) is -3.06. The molecular formula is C81H77ClF6N14O18S3. The van der Waals surface area contributed by atoms with E-state index in [1.807, 2.05) is 20.8 Å². The molecule has 2 aliphatic carbocycles. The fourth-order valence-corrected chi connectivity index (χ4v) is 21.0. The van der Waals surface area contributed by atoms with Gasteiger partial charge in [-0.1, -0.05) is 79.1 Å². The van der Waals surface area contributed by atoms with Gasteiger partial charge in [-0.3, -0.25) is 14.4 Å². The number of nitrogens with two attached hydrogens (primary N) is 3. The average Bonchev–Trinajstić information content (AvgIpc) is 1.73. The predicted molar refractivity (Wildman–Crippen MR) is 426 cm³/mol. The maximum Gasteiger partial charge on any atom is 0.573 e. The molecule has 7 aromatic carbocycles. The van der Waals surface area contributed by atoms with Crippen LogP contribution in [0.5, 0.6) is 17.2 Å². The maximum atomic E-state index is 15.5. The highest BCUT2D eigenvalue weighted by Gasteiger charge is 2.58. The predicted octanol–water partition coefficient (Wildman–Crippen LogP) is 10.7. The number of hydrogen-bond donors (Lipinski definition) is 3. The van der Waals surface area contributed by atoms with E-state index in [9.17, 15) is 66.8 Å². The Morgan fingerprint density at radius 2 is 0.919 bits per heavy atom. The molecular weight excluding hydrogens is 1700 g/mol. The van der Waals surface area contributed by atoms with Crippen molar-refractivity contribution in [3.8, 4) is 51.5 Å². The molecule has 3 atom stereocenters. The molecule has 3 aromatic heterocycles. The minimum atomic E-state index is -4.91. The number of hydrogen-bond acceptors (Lipinski definition) is 27. The Bertz CT molecular complexity index is 6170. The van der Waals surface area contributed by atoms with Crippen LogP contribution in [0.4, 0.5) is 53.0 Å². The third-order valence-corrected chi connectivity index (χ3v) is 27.7. The highest BCUT2D eigenvalue weighted by atomic mass is 35.5. The van der Waals surface area contributed by atoms with Crippen LogP contribution in [-0.4, -0.2) is 178 Å². The Morgan fingerprint density at radius 1 is 0.528 bits per heavy atom. The highest BCUT2D eigenvalue weighted by Crippen LogP contribution is 2.54.